The van der Waals surface area contributed by atoms with Gasteiger partial charge in [-0.2, -0.15) is 0 Å². The lowest BCUT2D eigenvalue weighted by Crippen LogP contribution is -2.38. The maximum absolute atomic E-state index is 13.5. The van der Waals surface area contributed by atoms with Gasteiger partial charge in [-0.3, -0.25) is 4.79 Å². The molecule has 3 aromatic carbocycles. The summed E-state index contributed by atoms with van der Waals surface area (Å²) in [5, 5.41) is 1.17. The Morgan fingerprint density at radius 3 is 2.49 bits per heavy atom. The van der Waals surface area contributed by atoms with E-state index in [0.29, 0.717) is 18.9 Å². The zero-order valence-corrected chi connectivity index (χ0v) is 20.6. The van der Waals surface area contributed by atoms with Gasteiger partial charge in [-0.15, -0.1) is 0 Å². The van der Waals surface area contributed by atoms with Gasteiger partial charge in [0, 0.05) is 49.1 Å². The molecule has 1 fully saturated rings. The summed E-state index contributed by atoms with van der Waals surface area (Å²) in [4.78, 5) is 15.6. The Hall–Kier alpha value is -3.40. The van der Waals surface area contributed by atoms with Gasteiger partial charge in [0.1, 0.15) is 5.82 Å². The third-order valence-corrected chi connectivity index (χ3v) is 7.42. The number of hydrogen-bond acceptors (Lipinski definition) is 1. The predicted octanol–water partition coefficient (Wildman–Crippen LogP) is 6.92. The van der Waals surface area contributed by atoms with E-state index in [1.165, 1.54) is 34.2 Å². The highest BCUT2D eigenvalue weighted by molar-refractivity contribution is 5.87. The minimum atomic E-state index is -0.225. The smallest absolute Gasteiger partial charge is 0.223 e. The average Bonchev–Trinajstić information content (AvgIpc) is 3.22. The normalized spacial score (nSPS) is 15.5. The summed E-state index contributed by atoms with van der Waals surface area (Å²) >= 11 is 0. The van der Waals surface area contributed by atoms with Crippen LogP contribution >= 0.6 is 0 Å². The molecule has 1 aromatic heterocycles. The van der Waals surface area contributed by atoms with Crippen molar-refractivity contribution in [3.8, 4) is 0 Å². The first kappa shape index (κ1) is 23.3. The van der Waals surface area contributed by atoms with E-state index in [9.17, 15) is 9.18 Å². The van der Waals surface area contributed by atoms with Crippen molar-refractivity contribution in [3.05, 3.63) is 107 Å². The minimum absolute atomic E-state index is 0.0267. The second kappa shape index (κ2) is 10.1. The van der Waals surface area contributed by atoms with E-state index in [0.717, 1.165) is 37.0 Å². The van der Waals surface area contributed by atoms with Crippen LogP contribution in [0.15, 0.2) is 79.0 Å². The van der Waals surface area contributed by atoms with Gasteiger partial charge in [-0.25, -0.2) is 4.39 Å². The third-order valence-electron chi connectivity index (χ3n) is 7.42. The van der Waals surface area contributed by atoms with Crippen molar-refractivity contribution in [2.24, 2.45) is 5.92 Å². The molecule has 0 radical (unpaired) electrons. The number of nitrogens with zero attached hydrogens (tertiary/aromatic N) is 2. The summed E-state index contributed by atoms with van der Waals surface area (Å²) in [5.74, 6) is 0.674. The number of para-hydroxylation sites is 1. The molecule has 4 heteroatoms. The first-order valence-corrected chi connectivity index (χ1v) is 12.6. The average molecular weight is 469 g/mol. The maximum Gasteiger partial charge on any atom is 0.223 e. The number of amides is 1. The molecule has 5 rings (SSSR count). The van der Waals surface area contributed by atoms with E-state index in [-0.39, 0.29) is 17.6 Å². The first-order valence-electron chi connectivity index (χ1n) is 12.6. The Labute approximate surface area is 207 Å². The van der Waals surface area contributed by atoms with Crippen LogP contribution in [0.3, 0.4) is 0 Å². The van der Waals surface area contributed by atoms with Gasteiger partial charge in [0.15, 0.2) is 0 Å². The van der Waals surface area contributed by atoms with Gasteiger partial charge >= 0.3 is 0 Å². The Bertz CT molecular complexity index is 1320. The highest BCUT2D eigenvalue weighted by atomic mass is 19.1. The van der Waals surface area contributed by atoms with E-state index >= 15 is 0 Å². The molecule has 0 spiro atoms. The second-order valence-electron chi connectivity index (χ2n) is 10.1. The van der Waals surface area contributed by atoms with Crippen LogP contribution in [0.2, 0.25) is 0 Å². The molecule has 180 valence electrons. The van der Waals surface area contributed by atoms with Crippen molar-refractivity contribution >= 4 is 16.8 Å². The molecule has 0 bridgehead atoms. The van der Waals surface area contributed by atoms with Gasteiger partial charge in [-0.1, -0.05) is 67.1 Å². The van der Waals surface area contributed by atoms with Gasteiger partial charge < -0.3 is 9.47 Å². The number of aryl methyl sites for hydroxylation is 1. The Kier molecular flexibility index (Phi) is 6.72. The fourth-order valence-corrected chi connectivity index (χ4v) is 5.33. The number of hydrogen-bond donors (Lipinski definition) is 0. The predicted molar refractivity (Wildman–Crippen MR) is 140 cm³/mol. The molecule has 0 aliphatic carbocycles. The number of likely N-dealkylation sites (tertiary alicyclic amines) is 1. The highest BCUT2D eigenvalue weighted by Gasteiger charge is 2.27. The Morgan fingerprint density at radius 2 is 1.74 bits per heavy atom. The fraction of sp³-hybridized carbons (Fsp3) is 0.323. The first-order chi connectivity index (χ1) is 17.0. The number of rotatable bonds is 6. The number of carbonyl (C=O) groups excluding carboxylic acids is 1. The van der Waals surface area contributed by atoms with E-state index in [2.05, 4.69) is 78.0 Å². The molecule has 1 saturated heterocycles. The molecule has 0 saturated carbocycles. The maximum atomic E-state index is 13.5. The molecule has 3 nitrogen and oxygen atoms in total. The molecular formula is C31H33FN2O. The van der Waals surface area contributed by atoms with Gasteiger partial charge in [0.05, 0.1) is 0 Å². The SMILES string of the molecule is Cc1cccc(C(CC(=O)N2CCC(C)CC2)c2cn(Cc3ccc(F)cc3)c3ccccc23)c1. The summed E-state index contributed by atoms with van der Waals surface area (Å²) in [6, 6.07) is 23.6. The van der Waals surface area contributed by atoms with E-state index in [4.69, 9.17) is 0 Å². The minimum Gasteiger partial charge on any atom is -0.343 e. The van der Waals surface area contributed by atoms with E-state index in [1.54, 1.807) is 0 Å². The molecule has 35 heavy (non-hydrogen) atoms. The summed E-state index contributed by atoms with van der Waals surface area (Å²) in [6.45, 7) is 6.73. The van der Waals surface area contributed by atoms with E-state index in [1.807, 2.05) is 12.1 Å². The van der Waals surface area contributed by atoms with Crippen LogP contribution in [0.4, 0.5) is 4.39 Å². The van der Waals surface area contributed by atoms with E-state index < -0.39 is 0 Å². The molecule has 1 unspecified atom stereocenters. The monoisotopic (exact) mass is 468 g/mol. The topological polar surface area (TPSA) is 25.2 Å². The quantitative estimate of drug-likeness (QED) is 0.302. The van der Waals surface area contributed by atoms with Crippen LogP contribution in [0.5, 0.6) is 0 Å². The molecule has 1 aliphatic heterocycles. The van der Waals surface area contributed by atoms with Crippen molar-refractivity contribution in [1.29, 1.82) is 0 Å². The number of carbonyl (C=O) groups is 1. The summed E-state index contributed by atoms with van der Waals surface area (Å²) < 4.78 is 15.7. The van der Waals surface area contributed by atoms with Gasteiger partial charge in [-0.05, 0) is 60.6 Å². The zero-order chi connectivity index (χ0) is 24.4. The van der Waals surface area contributed by atoms with Crippen LogP contribution in [0.25, 0.3) is 10.9 Å². The number of halogens is 1. The van der Waals surface area contributed by atoms with Crippen molar-refractivity contribution in [1.82, 2.24) is 9.47 Å². The van der Waals surface area contributed by atoms with Gasteiger partial charge in [0.2, 0.25) is 5.91 Å². The van der Waals surface area contributed by atoms with Crippen LogP contribution < -0.4 is 0 Å². The lowest BCUT2D eigenvalue weighted by atomic mass is 9.86. The number of aromatic nitrogens is 1. The molecule has 1 amide bonds. The summed E-state index contributed by atoms with van der Waals surface area (Å²) in [6.07, 6.45) is 4.82. The summed E-state index contributed by atoms with van der Waals surface area (Å²) in [7, 11) is 0. The Morgan fingerprint density at radius 1 is 1.00 bits per heavy atom. The van der Waals surface area contributed by atoms with Gasteiger partial charge in [0.25, 0.3) is 0 Å². The molecule has 0 N–H and O–H groups in total. The molecular weight excluding hydrogens is 435 g/mol. The third kappa shape index (κ3) is 5.17. The fourth-order valence-electron chi connectivity index (χ4n) is 5.33. The zero-order valence-electron chi connectivity index (χ0n) is 20.6. The van der Waals surface area contributed by atoms with Crippen molar-refractivity contribution in [3.63, 3.8) is 0 Å². The lowest BCUT2D eigenvalue weighted by Gasteiger charge is -2.31. The number of benzene rings is 3. The molecule has 4 aromatic rings. The van der Waals surface area contributed by atoms with Crippen LogP contribution in [0.1, 0.15) is 54.4 Å². The lowest BCUT2D eigenvalue weighted by molar-refractivity contribution is -0.132. The standard InChI is InChI=1S/C31H33FN2O/c1-22-14-16-33(17-15-22)31(35)19-28(25-7-5-6-23(2)18-25)29-21-34(30-9-4-3-8-27(29)30)20-24-10-12-26(32)13-11-24/h3-13,18,21-22,28H,14-17,19-20H2,1-2H3. The summed E-state index contributed by atoms with van der Waals surface area (Å²) in [5.41, 5.74) is 5.72. The van der Waals surface area contributed by atoms with Crippen LogP contribution in [-0.2, 0) is 11.3 Å². The molecule has 1 atom stereocenters. The number of piperidine rings is 1. The largest absolute Gasteiger partial charge is 0.343 e. The van der Waals surface area contributed by atoms with Crippen molar-refractivity contribution < 1.29 is 9.18 Å². The Balaban J connectivity index is 1.54. The molecule has 2 heterocycles. The second-order valence-corrected chi connectivity index (χ2v) is 10.1. The number of fused-ring (bicyclic) bond motifs is 1. The van der Waals surface area contributed by atoms with Crippen molar-refractivity contribution in [2.45, 2.75) is 45.6 Å². The van der Waals surface area contributed by atoms with Crippen molar-refractivity contribution in [2.75, 3.05) is 13.1 Å². The molecule has 1 aliphatic rings. The van der Waals surface area contributed by atoms with Crippen LogP contribution in [0, 0.1) is 18.7 Å². The highest BCUT2D eigenvalue weighted by Crippen LogP contribution is 2.36. The van der Waals surface area contributed by atoms with Crippen LogP contribution in [-0.4, -0.2) is 28.5 Å².